The molecule has 0 amide bonds. The average molecular weight is 131 g/mol. The minimum absolute atomic E-state index is 0.239. The molecule has 0 aromatic heterocycles. The molecule has 0 saturated carbocycles. The van der Waals surface area contributed by atoms with Gasteiger partial charge in [0.05, 0.1) is 10.2 Å². The van der Waals surface area contributed by atoms with Crippen LogP contribution in [-0.4, -0.2) is 21.5 Å². The third-order valence-electron chi connectivity index (χ3n) is 0.357. The molecule has 0 aromatic carbocycles. The summed E-state index contributed by atoms with van der Waals surface area (Å²) in [6, 6.07) is 0. The number of nitrogens with zero attached hydrogens (tertiary/aromatic N) is 1. The van der Waals surface area contributed by atoms with Gasteiger partial charge in [-0.3, -0.25) is 0 Å². The normalized spacial score (nSPS) is 10.2. The molecule has 46 valence electrons. The van der Waals surface area contributed by atoms with Gasteiger partial charge in [0.25, 0.3) is 6.08 Å². The van der Waals surface area contributed by atoms with Gasteiger partial charge in [-0.1, -0.05) is 0 Å². The molecule has 3 nitrogen and oxygen atoms in total. The summed E-state index contributed by atoms with van der Waals surface area (Å²) in [4.78, 5) is 14.1. The SMILES string of the molecule is CC(C)([SiH3])ON=C=O. The molecule has 8 heavy (non-hydrogen) atoms. The van der Waals surface area contributed by atoms with Crippen LogP contribution in [0.4, 0.5) is 0 Å². The molecule has 0 spiro atoms. The van der Waals surface area contributed by atoms with Crippen LogP contribution in [0.1, 0.15) is 13.8 Å². The first kappa shape index (κ1) is 7.40. The Morgan fingerprint density at radius 2 is 2.25 bits per heavy atom. The van der Waals surface area contributed by atoms with E-state index in [2.05, 4.69) is 9.99 Å². The van der Waals surface area contributed by atoms with Crippen LogP contribution in [0.2, 0.25) is 0 Å². The second kappa shape index (κ2) is 2.64. The van der Waals surface area contributed by atoms with Crippen LogP contribution in [0, 0.1) is 0 Å². The first-order valence-electron chi connectivity index (χ1n) is 2.31. The first-order valence-corrected chi connectivity index (χ1v) is 3.31. The van der Waals surface area contributed by atoms with E-state index in [1.807, 2.05) is 13.8 Å². The summed E-state index contributed by atoms with van der Waals surface area (Å²) in [5, 5.41) is 2.73. The lowest BCUT2D eigenvalue weighted by Crippen LogP contribution is -2.20. The number of carbonyl (C=O) groups excluding carboxylic acids is 1. The maximum atomic E-state index is 9.45. The fourth-order valence-corrected chi connectivity index (χ4v) is 0.247. The summed E-state index contributed by atoms with van der Waals surface area (Å²) in [5.74, 6) is 0. The molecule has 0 bridgehead atoms. The van der Waals surface area contributed by atoms with Gasteiger partial charge in [-0.05, 0) is 13.8 Å². The molecule has 0 unspecified atom stereocenters. The van der Waals surface area contributed by atoms with Crippen molar-refractivity contribution in [2.45, 2.75) is 19.1 Å². The van der Waals surface area contributed by atoms with E-state index in [0.717, 1.165) is 10.2 Å². The van der Waals surface area contributed by atoms with Crippen molar-refractivity contribution >= 4 is 16.3 Å². The predicted octanol–water partition coefficient (Wildman–Crippen LogP) is -0.645. The minimum Gasteiger partial charge on any atom is -0.385 e. The topological polar surface area (TPSA) is 38.7 Å². The molecule has 0 aromatic rings. The molecule has 0 saturated heterocycles. The zero-order valence-electron chi connectivity index (χ0n) is 5.26. The van der Waals surface area contributed by atoms with Crippen LogP contribution in [0.5, 0.6) is 0 Å². The molecular formula is C4H9NO2Si. The molecule has 0 N–H and O–H groups in total. The summed E-state index contributed by atoms with van der Waals surface area (Å²) in [6.07, 6.45) is 1.30. The van der Waals surface area contributed by atoms with E-state index in [9.17, 15) is 4.79 Å². The Kier molecular flexibility index (Phi) is 2.44. The predicted molar refractivity (Wildman–Crippen MR) is 33.2 cm³/mol. The third-order valence-corrected chi connectivity index (χ3v) is 0.539. The second-order valence-electron chi connectivity index (χ2n) is 2.39. The first-order chi connectivity index (χ1) is 3.56. The summed E-state index contributed by atoms with van der Waals surface area (Å²) in [5.41, 5.74) is 0. The van der Waals surface area contributed by atoms with Gasteiger partial charge < -0.3 is 4.84 Å². The highest BCUT2D eigenvalue weighted by atomic mass is 28.1. The molecule has 0 atom stereocenters. The van der Waals surface area contributed by atoms with Crippen LogP contribution >= 0.6 is 0 Å². The molecule has 0 fully saturated rings. The van der Waals surface area contributed by atoms with Crippen LogP contribution in [0.15, 0.2) is 5.16 Å². The van der Waals surface area contributed by atoms with Crippen LogP contribution in [0.3, 0.4) is 0 Å². The molecule has 0 aliphatic rings. The molecule has 0 aliphatic heterocycles. The maximum absolute atomic E-state index is 9.45. The average Bonchev–Trinajstić information content (AvgIpc) is 1.59. The van der Waals surface area contributed by atoms with E-state index in [0.29, 0.717) is 0 Å². The maximum Gasteiger partial charge on any atom is 0.276 e. The monoisotopic (exact) mass is 131 g/mol. The largest absolute Gasteiger partial charge is 0.385 e. The Bertz CT molecular complexity index is 112. The van der Waals surface area contributed by atoms with Crippen molar-refractivity contribution in [3.63, 3.8) is 0 Å². The fraction of sp³-hybridized carbons (Fsp3) is 0.750. The lowest BCUT2D eigenvalue weighted by molar-refractivity contribution is 0.0512. The van der Waals surface area contributed by atoms with Gasteiger partial charge in [-0.15, -0.1) is 0 Å². The number of hydrogen-bond donors (Lipinski definition) is 0. The smallest absolute Gasteiger partial charge is 0.276 e. The Hall–Kier alpha value is -0.603. The number of hydrogen-bond acceptors (Lipinski definition) is 3. The van der Waals surface area contributed by atoms with E-state index in [-0.39, 0.29) is 5.22 Å². The van der Waals surface area contributed by atoms with Gasteiger partial charge >= 0.3 is 0 Å². The Morgan fingerprint density at radius 3 is 2.38 bits per heavy atom. The van der Waals surface area contributed by atoms with Crippen molar-refractivity contribution in [1.29, 1.82) is 0 Å². The van der Waals surface area contributed by atoms with Crippen molar-refractivity contribution in [3.8, 4) is 0 Å². The summed E-state index contributed by atoms with van der Waals surface area (Å²) >= 11 is 0. The summed E-state index contributed by atoms with van der Waals surface area (Å²) < 4.78 is 0. The lowest BCUT2D eigenvalue weighted by Gasteiger charge is -2.12. The zero-order chi connectivity index (χ0) is 6.62. The fourth-order valence-electron chi connectivity index (χ4n) is 0.156. The van der Waals surface area contributed by atoms with E-state index >= 15 is 0 Å². The molecule has 0 aliphatic carbocycles. The van der Waals surface area contributed by atoms with Gasteiger partial charge in [0.15, 0.2) is 0 Å². The summed E-state index contributed by atoms with van der Waals surface area (Å²) in [6.45, 7) is 3.72. The van der Waals surface area contributed by atoms with Crippen molar-refractivity contribution < 1.29 is 9.63 Å². The van der Waals surface area contributed by atoms with E-state index in [1.165, 1.54) is 6.08 Å². The van der Waals surface area contributed by atoms with Crippen LogP contribution < -0.4 is 0 Å². The van der Waals surface area contributed by atoms with Gasteiger partial charge in [-0.2, -0.15) is 0 Å². The number of isocyanates is 1. The molecule has 4 heteroatoms. The van der Waals surface area contributed by atoms with E-state index < -0.39 is 0 Å². The highest BCUT2D eigenvalue weighted by Gasteiger charge is 2.08. The van der Waals surface area contributed by atoms with E-state index in [1.54, 1.807) is 0 Å². The van der Waals surface area contributed by atoms with Crippen LogP contribution in [-0.2, 0) is 9.63 Å². The zero-order valence-corrected chi connectivity index (χ0v) is 7.26. The molecular weight excluding hydrogens is 122 g/mol. The Balaban J connectivity index is 3.55. The number of rotatable bonds is 2. The van der Waals surface area contributed by atoms with Crippen molar-refractivity contribution in [2.75, 3.05) is 0 Å². The van der Waals surface area contributed by atoms with Crippen molar-refractivity contribution in [3.05, 3.63) is 0 Å². The van der Waals surface area contributed by atoms with Gasteiger partial charge in [-0.25, -0.2) is 4.79 Å². The highest BCUT2D eigenvalue weighted by Crippen LogP contribution is 2.00. The third kappa shape index (κ3) is 5.40. The van der Waals surface area contributed by atoms with Gasteiger partial charge in [0.2, 0.25) is 0 Å². The summed E-state index contributed by atoms with van der Waals surface area (Å²) in [7, 11) is 0.847. The Labute approximate surface area is 51.1 Å². The van der Waals surface area contributed by atoms with Gasteiger partial charge in [0.1, 0.15) is 5.22 Å². The standard InChI is InChI=1S/C4H9NO2Si/c1-4(2,8)7-5-3-6/h1-2,8H3. The molecule has 0 rings (SSSR count). The quantitative estimate of drug-likeness (QED) is 0.216. The lowest BCUT2D eigenvalue weighted by atomic mass is 10.5. The van der Waals surface area contributed by atoms with Gasteiger partial charge in [0, 0.05) is 5.16 Å². The minimum atomic E-state index is -0.239. The van der Waals surface area contributed by atoms with Crippen molar-refractivity contribution in [1.82, 2.24) is 0 Å². The van der Waals surface area contributed by atoms with Crippen molar-refractivity contribution in [2.24, 2.45) is 5.16 Å². The second-order valence-corrected chi connectivity index (χ2v) is 4.79. The molecule has 0 heterocycles. The van der Waals surface area contributed by atoms with Crippen LogP contribution in [0.25, 0.3) is 0 Å². The highest BCUT2D eigenvalue weighted by molar-refractivity contribution is 6.13. The Morgan fingerprint density at radius 1 is 1.75 bits per heavy atom. The molecule has 0 radical (unpaired) electrons. The van der Waals surface area contributed by atoms with E-state index in [4.69, 9.17) is 0 Å².